The third-order valence-electron chi connectivity index (χ3n) is 4.19. The lowest BCUT2D eigenvalue weighted by atomic mass is 10.00. The van der Waals surface area contributed by atoms with Crippen molar-refractivity contribution in [2.24, 2.45) is 25.7 Å². The van der Waals surface area contributed by atoms with E-state index in [1.165, 1.54) is 11.0 Å². The lowest BCUT2D eigenvalue weighted by Crippen LogP contribution is -2.39. The van der Waals surface area contributed by atoms with Gasteiger partial charge in [0.1, 0.15) is 5.15 Å². The van der Waals surface area contributed by atoms with Crippen LogP contribution in [0.25, 0.3) is 0 Å². The highest BCUT2D eigenvalue weighted by molar-refractivity contribution is 6.30. The zero-order valence-electron chi connectivity index (χ0n) is 15.1. The average molecular weight is 379 g/mol. The first-order valence-electron chi connectivity index (χ1n) is 8.09. The molecule has 2 aromatic heterocycles. The molecule has 9 heteroatoms. The van der Waals surface area contributed by atoms with Crippen molar-refractivity contribution in [1.82, 2.24) is 24.5 Å². The standard InChI is InChI=1S/C17H23ClN6O2/c1-5-15(25)24(10-14-11(2)21-23(4)16(14)18)9-13(17(19)26)6-12-7-20-22(3)8-12/h5,7-8,13H,1,6,9-10H2,2-4H3,(H2,19,26). The van der Waals surface area contributed by atoms with E-state index in [-0.39, 0.29) is 19.0 Å². The Morgan fingerprint density at radius 3 is 2.62 bits per heavy atom. The number of rotatable bonds is 8. The predicted octanol–water partition coefficient (Wildman–Crippen LogP) is 0.974. The Balaban J connectivity index is 2.23. The van der Waals surface area contributed by atoms with Crippen LogP contribution in [0.5, 0.6) is 0 Å². The first kappa shape index (κ1) is 19.7. The molecule has 0 saturated carbocycles. The van der Waals surface area contributed by atoms with Crippen LogP contribution in [-0.2, 0) is 36.6 Å². The number of aryl methyl sites for hydroxylation is 3. The van der Waals surface area contributed by atoms with Crippen LogP contribution in [-0.4, -0.2) is 42.8 Å². The molecule has 0 aliphatic carbocycles. The molecule has 2 amide bonds. The third kappa shape index (κ3) is 4.51. The summed E-state index contributed by atoms with van der Waals surface area (Å²) in [5.41, 5.74) is 7.89. The van der Waals surface area contributed by atoms with E-state index in [2.05, 4.69) is 16.8 Å². The van der Waals surface area contributed by atoms with Gasteiger partial charge in [-0.3, -0.25) is 19.0 Å². The summed E-state index contributed by atoms with van der Waals surface area (Å²) in [6.45, 7) is 5.73. The van der Waals surface area contributed by atoms with E-state index >= 15 is 0 Å². The summed E-state index contributed by atoms with van der Waals surface area (Å²) in [5.74, 6) is -1.34. The maximum atomic E-state index is 12.3. The number of nitrogens with zero attached hydrogens (tertiary/aromatic N) is 5. The second kappa shape index (κ2) is 8.18. The number of hydrogen-bond acceptors (Lipinski definition) is 4. The van der Waals surface area contributed by atoms with Gasteiger partial charge in [0.2, 0.25) is 11.8 Å². The Morgan fingerprint density at radius 2 is 2.15 bits per heavy atom. The molecule has 140 valence electrons. The fraction of sp³-hybridized carbons (Fsp3) is 0.412. The molecule has 0 spiro atoms. The Kier molecular flexibility index (Phi) is 6.20. The van der Waals surface area contributed by atoms with Crippen LogP contribution in [0, 0.1) is 12.8 Å². The van der Waals surface area contributed by atoms with Gasteiger partial charge in [-0.2, -0.15) is 10.2 Å². The molecule has 0 radical (unpaired) electrons. The van der Waals surface area contributed by atoms with Gasteiger partial charge in [-0.25, -0.2) is 0 Å². The molecule has 0 aliphatic heterocycles. The molecule has 8 nitrogen and oxygen atoms in total. The zero-order chi connectivity index (χ0) is 19.4. The van der Waals surface area contributed by atoms with E-state index in [0.29, 0.717) is 11.6 Å². The smallest absolute Gasteiger partial charge is 0.246 e. The second-order valence-corrected chi connectivity index (χ2v) is 6.58. The van der Waals surface area contributed by atoms with Crippen molar-refractivity contribution in [2.45, 2.75) is 19.9 Å². The number of aromatic nitrogens is 4. The summed E-state index contributed by atoms with van der Waals surface area (Å²) in [6.07, 6.45) is 5.10. The van der Waals surface area contributed by atoms with E-state index in [1.54, 1.807) is 29.7 Å². The van der Waals surface area contributed by atoms with Crippen molar-refractivity contribution in [3.05, 3.63) is 47.0 Å². The SMILES string of the molecule is C=CC(=O)N(Cc1c(C)nn(C)c1Cl)CC(Cc1cnn(C)c1)C(N)=O. The van der Waals surface area contributed by atoms with Crippen LogP contribution in [0.2, 0.25) is 5.15 Å². The first-order valence-corrected chi connectivity index (χ1v) is 8.46. The molecule has 2 rings (SSSR count). The highest BCUT2D eigenvalue weighted by atomic mass is 35.5. The van der Waals surface area contributed by atoms with Gasteiger partial charge >= 0.3 is 0 Å². The number of nitrogens with two attached hydrogens (primary N) is 1. The minimum Gasteiger partial charge on any atom is -0.369 e. The molecule has 1 unspecified atom stereocenters. The molecular weight excluding hydrogens is 356 g/mol. The van der Waals surface area contributed by atoms with Gasteiger partial charge in [0.05, 0.1) is 24.4 Å². The first-order chi connectivity index (χ1) is 12.2. The number of amides is 2. The van der Waals surface area contributed by atoms with Crippen LogP contribution >= 0.6 is 11.6 Å². The molecule has 0 bridgehead atoms. The summed E-state index contributed by atoms with van der Waals surface area (Å²) < 4.78 is 3.20. The number of hydrogen-bond donors (Lipinski definition) is 1. The minimum absolute atomic E-state index is 0.153. The quantitative estimate of drug-likeness (QED) is 0.692. The van der Waals surface area contributed by atoms with E-state index in [1.807, 2.05) is 13.1 Å². The lowest BCUT2D eigenvalue weighted by Gasteiger charge is -2.25. The number of carbonyl (C=O) groups is 2. The minimum atomic E-state index is -0.557. The van der Waals surface area contributed by atoms with Crippen LogP contribution in [0.4, 0.5) is 0 Å². The molecule has 2 heterocycles. The Labute approximate surface area is 157 Å². The highest BCUT2D eigenvalue weighted by Gasteiger charge is 2.25. The average Bonchev–Trinajstić information content (AvgIpc) is 3.09. The predicted molar refractivity (Wildman–Crippen MR) is 98.2 cm³/mol. The molecular formula is C17H23ClN6O2. The number of halogens is 1. The molecule has 1 atom stereocenters. The normalized spacial score (nSPS) is 12.0. The summed E-state index contributed by atoms with van der Waals surface area (Å²) in [4.78, 5) is 25.8. The van der Waals surface area contributed by atoms with Gasteiger partial charge in [-0.1, -0.05) is 18.2 Å². The second-order valence-electron chi connectivity index (χ2n) is 6.23. The summed E-state index contributed by atoms with van der Waals surface area (Å²) in [7, 11) is 3.52. The molecule has 0 saturated heterocycles. The summed E-state index contributed by atoms with van der Waals surface area (Å²) in [5, 5.41) is 8.80. The van der Waals surface area contributed by atoms with Crippen molar-refractivity contribution < 1.29 is 9.59 Å². The Morgan fingerprint density at radius 1 is 1.46 bits per heavy atom. The molecule has 2 aromatic rings. The molecule has 0 aliphatic rings. The van der Waals surface area contributed by atoms with Gasteiger partial charge in [-0.05, 0) is 25.0 Å². The maximum absolute atomic E-state index is 12.3. The van der Waals surface area contributed by atoms with Gasteiger partial charge in [0.15, 0.2) is 0 Å². The summed E-state index contributed by atoms with van der Waals surface area (Å²) in [6, 6.07) is 0. The summed E-state index contributed by atoms with van der Waals surface area (Å²) >= 11 is 6.27. The van der Waals surface area contributed by atoms with Crippen molar-refractivity contribution in [1.29, 1.82) is 0 Å². The fourth-order valence-corrected chi connectivity index (χ4v) is 3.02. The van der Waals surface area contributed by atoms with Gasteiger partial charge in [-0.15, -0.1) is 0 Å². The fourth-order valence-electron chi connectivity index (χ4n) is 2.79. The molecule has 26 heavy (non-hydrogen) atoms. The Bertz CT molecular complexity index is 825. The van der Waals surface area contributed by atoms with E-state index in [4.69, 9.17) is 17.3 Å². The van der Waals surface area contributed by atoms with Crippen LogP contribution in [0.3, 0.4) is 0 Å². The number of carbonyl (C=O) groups excluding carboxylic acids is 2. The molecule has 2 N–H and O–H groups in total. The topological polar surface area (TPSA) is 99.0 Å². The lowest BCUT2D eigenvalue weighted by molar-refractivity contribution is -0.129. The van der Waals surface area contributed by atoms with Gasteiger partial charge in [0.25, 0.3) is 0 Å². The molecule has 0 fully saturated rings. The van der Waals surface area contributed by atoms with E-state index < -0.39 is 11.8 Å². The van der Waals surface area contributed by atoms with Crippen molar-refractivity contribution in [3.8, 4) is 0 Å². The zero-order valence-corrected chi connectivity index (χ0v) is 15.9. The van der Waals surface area contributed by atoms with Crippen molar-refractivity contribution >= 4 is 23.4 Å². The highest BCUT2D eigenvalue weighted by Crippen LogP contribution is 2.22. The van der Waals surface area contributed by atoms with E-state index in [0.717, 1.165) is 16.8 Å². The van der Waals surface area contributed by atoms with Crippen molar-refractivity contribution in [3.63, 3.8) is 0 Å². The van der Waals surface area contributed by atoms with Crippen LogP contribution < -0.4 is 5.73 Å². The van der Waals surface area contributed by atoms with Crippen LogP contribution in [0.1, 0.15) is 16.8 Å². The van der Waals surface area contributed by atoms with Crippen molar-refractivity contribution in [2.75, 3.05) is 6.54 Å². The van der Waals surface area contributed by atoms with Gasteiger partial charge < -0.3 is 10.6 Å². The molecule has 0 aromatic carbocycles. The third-order valence-corrected chi connectivity index (χ3v) is 4.66. The Hall–Kier alpha value is -2.61. The maximum Gasteiger partial charge on any atom is 0.246 e. The monoisotopic (exact) mass is 378 g/mol. The largest absolute Gasteiger partial charge is 0.369 e. The van der Waals surface area contributed by atoms with Gasteiger partial charge in [0, 0.05) is 32.4 Å². The van der Waals surface area contributed by atoms with E-state index in [9.17, 15) is 9.59 Å². The van der Waals surface area contributed by atoms with Crippen LogP contribution in [0.15, 0.2) is 25.0 Å². The number of primary amides is 1.